The lowest BCUT2D eigenvalue weighted by Gasteiger charge is -2.22. The van der Waals surface area contributed by atoms with Gasteiger partial charge in [-0.15, -0.1) is 0 Å². The van der Waals surface area contributed by atoms with Crippen molar-refractivity contribution in [2.75, 3.05) is 13.7 Å². The first-order valence-electron chi connectivity index (χ1n) is 5.93. The van der Waals surface area contributed by atoms with E-state index in [0.29, 0.717) is 16.7 Å². The molecule has 0 spiro atoms. The number of ether oxygens (including phenoxy) is 1. The van der Waals surface area contributed by atoms with E-state index in [0.717, 1.165) is 5.56 Å². The van der Waals surface area contributed by atoms with Crippen molar-refractivity contribution in [2.45, 2.75) is 19.1 Å². The number of hydrogen-bond donors (Lipinski definition) is 1. The third-order valence-electron chi connectivity index (χ3n) is 3.10. The fourth-order valence-electron chi connectivity index (χ4n) is 1.99. The highest BCUT2D eigenvalue weighted by molar-refractivity contribution is 7.80. The summed E-state index contributed by atoms with van der Waals surface area (Å²) in [6.45, 7) is 2.19. The minimum absolute atomic E-state index is 0.0268. The molecule has 19 heavy (non-hydrogen) atoms. The minimum Gasteiger partial charge on any atom is -0.375 e. The van der Waals surface area contributed by atoms with Crippen LogP contribution in [0.3, 0.4) is 0 Å². The maximum Gasteiger partial charge on any atom is 0.251 e. The van der Waals surface area contributed by atoms with Gasteiger partial charge in [0.05, 0.1) is 6.54 Å². The van der Waals surface area contributed by atoms with E-state index < -0.39 is 0 Å². The van der Waals surface area contributed by atoms with Gasteiger partial charge in [0.15, 0.2) is 5.11 Å². The van der Waals surface area contributed by atoms with Crippen LogP contribution < -0.4 is 5.32 Å². The van der Waals surface area contributed by atoms with Crippen molar-refractivity contribution in [2.24, 2.45) is 0 Å². The molecule has 6 heteroatoms. The van der Waals surface area contributed by atoms with E-state index in [-0.39, 0.29) is 18.1 Å². The van der Waals surface area contributed by atoms with E-state index in [2.05, 4.69) is 5.32 Å². The summed E-state index contributed by atoms with van der Waals surface area (Å²) in [7, 11) is 1.61. The monoisotopic (exact) mass is 298 g/mol. The van der Waals surface area contributed by atoms with Crippen LogP contribution in [0.2, 0.25) is 5.02 Å². The van der Waals surface area contributed by atoms with Crippen molar-refractivity contribution in [3.05, 3.63) is 34.9 Å². The molecule has 2 atom stereocenters. The van der Waals surface area contributed by atoms with E-state index in [1.807, 2.05) is 12.1 Å². The third-order valence-corrected chi connectivity index (χ3v) is 3.69. The maximum atomic E-state index is 12.0. The fourth-order valence-corrected chi connectivity index (χ4v) is 2.46. The zero-order chi connectivity index (χ0) is 14.0. The Balaban J connectivity index is 2.13. The molecule has 1 amide bonds. The van der Waals surface area contributed by atoms with Gasteiger partial charge in [-0.25, -0.2) is 0 Å². The summed E-state index contributed by atoms with van der Waals surface area (Å²) in [5, 5.41) is 4.06. The van der Waals surface area contributed by atoms with Crippen LogP contribution in [-0.2, 0) is 9.53 Å². The molecule has 0 unspecified atom stereocenters. The molecule has 0 radical (unpaired) electrons. The smallest absolute Gasteiger partial charge is 0.251 e. The molecule has 1 N–H and O–H groups in total. The van der Waals surface area contributed by atoms with Gasteiger partial charge in [-0.05, 0) is 36.8 Å². The predicted molar refractivity (Wildman–Crippen MR) is 78.1 cm³/mol. The van der Waals surface area contributed by atoms with Crippen LogP contribution >= 0.6 is 23.8 Å². The number of halogens is 1. The van der Waals surface area contributed by atoms with Crippen molar-refractivity contribution in [3.63, 3.8) is 0 Å². The van der Waals surface area contributed by atoms with E-state index in [4.69, 9.17) is 28.6 Å². The first-order chi connectivity index (χ1) is 9.02. The van der Waals surface area contributed by atoms with Gasteiger partial charge in [0.25, 0.3) is 5.91 Å². The molecule has 1 aromatic rings. The minimum atomic E-state index is -0.268. The average Bonchev–Trinajstić information content (AvgIpc) is 2.63. The van der Waals surface area contributed by atoms with Crippen molar-refractivity contribution < 1.29 is 9.53 Å². The molecule has 1 heterocycles. The van der Waals surface area contributed by atoms with Gasteiger partial charge in [-0.1, -0.05) is 23.7 Å². The summed E-state index contributed by atoms with van der Waals surface area (Å²) in [6, 6.07) is 7.10. The zero-order valence-corrected chi connectivity index (χ0v) is 12.3. The highest BCUT2D eigenvalue weighted by Gasteiger charge is 2.33. The summed E-state index contributed by atoms with van der Waals surface area (Å²) < 4.78 is 5.45. The molecular formula is C13H15ClN2O2S. The molecule has 1 saturated heterocycles. The van der Waals surface area contributed by atoms with Gasteiger partial charge >= 0.3 is 0 Å². The Kier molecular flexibility index (Phi) is 4.39. The van der Waals surface area contributed by atoms with E-state index in [1.165, 1.54) is 0 Å². The number of thiocarbonyl (C=S) groups is 1. The van der Waals surface area contributed by atoms with E-state index >= 15 is 0 Å². The number of methoxy groups -OCH3 is 1. The number of rotatable bonds is 4. The second-order valence-corrected chi connectivity index (χ2v) is 5.22. The molecule has 102 valence electrons. The molecule has 2 rings (SSSR count). The first-order valence-corrected chi connectivity index (χ1v) is 6.71. The number of carbonyl (C=O) groups is 1. The Morgan fingerprint density at radius 3 is 2.58 bits per heavy atom. The molecule has 1 aromatic carbocycles. The summed E-state index contributed by atoms with van der Waals surface area (Å²) in [4.78, 5) is 13.5. The van der Waals surface area contributed by atoms with Gasteiger partial charge in [0.1, 0.15) is 12.1 Å². The zero-order valence-electron chi connectivity index (χ0n) is 10.7. The second-order valence-electron chi connectivity index (χ2n) is 4.40. The number of carbonyl (C=O) groups excluding carboxylic acids is 1. The van der Waals surface area contributed by atoms with Gasteiger partial charge in [0.2, 0.25) is 0 Å². The summed E-state index contributed by atoms with van der Waals surface area (Å²) in [5.74, 6) is -0.0268. The second kappa shape index (κ2) is 5.86. The van der Waals surface area contributed by atoms with Gasteiger partial charge in [0, 0.05) is 12.1 Å². The van der Waals surface area contributed by atoms with Crippen LogP contribution in [0.4, 0.5) is 0 Å². The van der Waals surface area contributed by atoms with Gasteiger partial charge < -0.3 is 10.1 Å². The Labute approximate surface area is 122 Å². The Bertz CT molecular complexity index is 492. The van der Waals surface area contributed by atoms with Crippen molar-refractivity contribution in [3.8, 4) is 0 Å². The quantitative estimate of drug-likeness (QED) is 0.865. The van der Waals surface area contributed by atoms with Crippen molar-refractivity contribution >= 4 is 34.8 Å². The molecule has 1 fully saturated rings. The van der Waals surface area contributed by atoms with Crippen LogP contribution in [0.15, 0.2) is 24.3 Å². The summed E-state index contributed by atoms with van der Waals surface area (Å²) in [5.41, 5.74) is 0.960. The van der Waals surface area contributed by atoms with Crippen LogP contribution in [0, 0.1) is 0 Å². The molecular weight excluding hydrogens is 284 g/mol. The molecule has 0 aliphatic carbocycles. The fraction of sp³-hybridized carbons (Fsp3) is 0.385. The molecule has 0 bridgehead atoms. The third kappa shape index (κ3) is 3.05. The lowest BCUT2D eigenvalue weighted by atomic mass is 10.1. The molecule has 4 nitrogen and oxygen atoms in total. The molecule has 1 aliphatic heterocycles. The lowest BCUT2D eigenvalue weighted by Crippen LogP contribution is -2.35. The van der Waals surface area contributed by atoms with Crippen LogP contribution in [0.25, 0.3) is 0 Å². The normalized spacial score (nSPS) is 20.6. The van der Waals surface area contributed by atoms with Crippen LogP contribution in [-0.4, -0.2) is 35.6 Å². The SMILES string of the molecule is CO[C@H](CN1C(=O)[C@@H](C)NC1=S)c1ccc(Cl)cc1. The Morgan fingerprint density at radius 2 is 2.11 bits per heavy atom. The highest BCUT2D eigenvalue weighted by atomic mass is 35.5. The van der Waals surface area contributed by atoms with Gasteiger partial charge in [-0.2, -0.15) is 0 Å². The van der Waals surface area contributed by atoms with E-state index in [1.54, 1.807) is 31.1 Å². The Morgan fingerprint density at radius 1 is 1.47 bits per heavy atom. The van der Waals surface area contributed by atoms with Crippen LogP contribution in [0.5, 0.6) is 0 Å². The first kappa shape index (κ1) is 14.2. The highest BCUT2D eigenvalue weighted by Crippen LogP contribution is 2.22. The maximum absolute atomic E-state index is 12.0. The number of hydrogen-bond acceptors (Lipinski definition) is 3. The van der Waals surface area contributed by atoms with Crippen molar-refractivity contribution in [1.82, 2.24) is 10.2 Å². The average molecular weight is 299 g/mol. The van der Waals surface area contributed by atoms with Gasteiger partial charge in [-0.3, -0.25) is 9.69 Å². The Hall–Kier alpha value is -1.17. The predicted octanol–water partition coefficient (Wildman–Crippen LogP) is 2.13. The van der Waals surface area contributed by atoms with E-state index in [9.17, 15) is 4.79 Å². The van der Waals surface area contributed by atoms with Crippen LogP contribution in [0.1, 0.15) is 18.6 Å². The summed E-state index contributed by atoms with van der Waals surface area (Å²) in [6.07, 6.45) is -0.230. The topological polar surface area (TPSA) is 41.6 Å². The molecule has 0 saturated carbocycles. The molecule has 0 aromatic heterocycles. The largest absolute Gasteiger partial charge is 0.375 e. The lowest BCUT2D eigenvalue weighted by molar-refractivity contribution is -0.127. The number of nitrogens with zero attached hydrogens (tertiary/aromatic N) is 1. The summed E-state index contributed by atoms with van der Waals surface area (Å²) >= 11 is 11.0. The number of nitrogens with one attached hydrogen (secondary N) is 1. The number of benzene rings is 1. The standard InChI is InChI=1S/C13H15ClN2O2S/c1-8-12(17)16(13(19)15-8)7-11(18-2)9-3-5-10(14)6-4-9/h3-6,8,11H,7H2,1-2H3,(H,15,19)/t8-,11-/m1/s1. The number of amides is 1. The van der Waals surface area contributed by atoms with Crippen molar-refractivity contribution in [1.29, 1.82) is 0 Å². The molecule has 1 aliphatic rings.